The van der Waals surface area contributed by atoms with Gasteiger partial charge >= 0.3 is 0 Å². The minimum absolute atomic E-state index is 0.0841. The molecule has 20 heavy (non-hydrogen) atoms. The van der Waals surface area contributed by atoms with Crippen LogP contribution >= 0.6 is 0 Å². The van der Waals surface area contributed by atoms with Crippen LogP contribution in [0, 0.1) is 10.8 Å². The van der Waals surface area contributed by atoms with Gasteiger partial charge in [0.25, 0.3) is 0 Å². The number of amides is 2. The predicted octanol–water partition coefficient (Wildman–Crippen LogP) is -0.360. The van der Waals surface area contributed by atoms with Crippen LogP contribution < -0.4 is 5.73 Å². The first-order valence-electron chi connectivity index (χ1n) is 7.26. The third-order valence-corrected chi connectivity index (χ3v) is 5.64. The zero-order chi connectivity index (χ0) is 14.5. The zero-order valence-electron chi connectivity index (χ0n) is 11.8. The van der Waals surface area contributed by atoms with Crippen LogP contribution in [0.5, 0.6) is 0 Å². The molecule has 0 bridgehead atoms. The largest absolute Gasteiger partial charge is 0.392 e. The van der Waals surface area contributed by atoms with Crippen molar-refractivity contribution in [2.45, 2.75) is 44.3 Å². The highest BCUT2D eigenvalue weighted by atomic mass is 16.5. The molecule has 1 saturated heterocycles. The van der Waals surface area contributed by atoms with E-state index in [0.717, 1.165) is 12.8 Å². The summed E-state index contributed by atoms with van der Waals surface area (Å²) in [6.07, 6.45) is 3.03. The van der Waals surface area contributed by atoms with E-state index in [4.69, 9.17) is 10.5 Å². The molecule has 3 fully saturated rings. The highest BCUT2D eigenvalue weighted by molar-refractivity contribution is 6.07. The van der Waals surface area contributed by atoms with Gasteiger partial charge in [-0.1, -0.05) is 0 Å². The van der Waals surface area contributed by atoms with E-state index < -0.39 is 11.3 Å². The number of likely N-dealkylation sites (tertiary alicyclic amines) is 1. The van der Waals surface area contributed by atoms with Crippen molar-refractivity contribution in [1.82, 2.24) is 4.90 Å². The van der Waals surface area contributed by atoms with Gasteiger partial charge in [-0.3, -0.25) is 9.59 Å². The molecule has 6 heteroatoms. The zero-order valence-corrected chi connectivity index (χ0v) is 11.8. The van der Waals surface area contributed by atoms with Crippen LogP contribution in [0.25, 0.3) is 0 Å². The Morgan fingerprint density at radius 3 is 2.25 bits per heavy atom. The van der Waals surface area contributed by atoms with Crippen molar-refractivity contribution in [2.75, 3.05) is 20.2 Å². The van der Waals surface area contributed by atoms with E-state index in [9.17, 15) is 14.7 Å². The molecule has 112 valence electrons. The van der Waals surface area contributed by atoms with Gasteiger partial charge in [0.05, 0.1) is 12.2 Å². The molecule has 2 amide bonds. The Morgan fingerprint density at radius 1 is 1.25 bits per heavy atom. The van der Waals surface area contributed by atoms with Gasteiger partial charge in [0.1, 0.15) is 5.41 Å². The van der Waals surface area contributed by atoms with Crippen LogP contribution in [-0.4, -0.2) is 54.2 Å². The molecule has 0 radical (unpaired) electrons. The molecule has 2 saturated carbocycles. The molecule has 0 aromatic heterocycles. The normalized spacial score (nSPS) is 33.6. The second-order valence-corrected chi connectivity index (χ2v) is 6.45. The first kappa shape index (κ1) is 13.8. The molecular formula is C14H22N2O4. The van der Waals surface area contributed by atoms with Gasteiger partial charge in [-0.05, 0) is 25.7 Å². The average Bonchev–Trinajstić information content (AvgIpc) is 3.25. The van der Waals surface area contributed by atoms with Crippen molar-refractivity contribution < 1.29 is 19.4 Å². The number of aliphatic hydroxyl groups excluding tert-OH is 1. The molecule has 0 aromatic rings. The molecule has 3 aliphatic rings. The minimum Gasteiger partial charge on any atom is -0.392 e. The van der Waals surface area contributed by atoms with E-state index >= 15 is 0 Å². The summed E-state index contributed by atoms with van der Waals surface area (Å²) in [7, 11) is 1.67. The molecule has 2 atom stereocenters. The Bertz CT molecular complexity index is 438. The number of ether oxygens (including phenoxy) is 1. The Hall–Kier alpha value is -1.14. The lowest BCUT2D eigenvalue weighted by Crippen LogP contribution is -2.63. The fraction of sp³-hybridized carbons (Fsp3) is 0.857. The predicted molar refractivity (Wildman–Crippen MR) is 70.5 cm³/mol. The maximum atomic E-state index is 12.4. The van der Waals surface area contributed by atoms with Crippen LogP contribution in [0.3, 0.4) is 0 Å². The van der Waals surface area contributed by atoms with E-state index in [2.05, 4.69) is 0 Å². The van der Waals surface area contributed by atoms with Crippen molar-refractivity contribution in [3.63, 3.8) is 0 Å². The van der Waals surface area contributed by atoms with Crippen molar-refractivity contribution >= 4 is 11.8 Å². The molecule has 1 heterocycles. The van der Waals surface area contributed by atoms with E-state index in [1.54, 1.807) is 12.0 Å². The summed E-state index contributed by atoms with van der Waals surface area (Å²) >= 11 is 0. The number of piperidine rings is 1. The smallest absolute Gasteiger partial charge is 0.238 e. The summed E-state index contributed by atoms with van der Waals surface area (Å²) < 4.78 is 5.43. The third-order valence-electron chi connectivity index (χ3n) is 5.64. The molecule has 2 aliphatic carbocycles. The second-order valence-electron chi connectivity index (χ2n) is 6.45. The standard InChI is InChI=1S/C14H22N2O4/c1-20-10-8-9(17)13(10)4-6-16(7-5-13)12(19)14(2-3-14)11(15)18/h9-10,17H,2-8H2,1H3,(H2,15,18)/t9-,10+/m1/s1. The van der Waals surface area contributed by atoms with Gasteiger partial charge in [-0.2, -0.15) is 0 Å². The first-order valence-corrected chi connectivity index (χ1v) is 7.26. The first-order chi connectivity index (χ1) is 9.46. The number of carbonyl (C=O) groups excluding carboxylic acids is 2. The van der Waals surface area contributed by atoms with Crippen LogP contribution in [0.4, 0.5) is 0 Å². The van der Waals surface area contributed by atoms with Gasteiger partial charge in [0.15, 0.2) is 0 Å². The van der Waals surface area contributed by atoms with Crippen LogP contribution in [0.1, 0.15) is 32.1 Å². The van der Waals surface area contributed by atoms with E-state index in [-0.39, 0.29) is 23.5 Å². The maximum Gasteiger partial charge on any atom is 0.238 e. The van der Waals surface area contributed by atoms with Gasteiger partial charge in [-0.15, -0.1) is 0 Å². The quantitative estimate of drug-likeness (QED) is 0.691. The monoisotopic (exact) mass is 282 g/mol. The molecule has 3 N–H and O–H groups in total. The number of nitrogens with two attached hydrogens (primary N) is 1. The number of hydrogen-bond acceptors (Lipinski definition) is 4. The number of carbonyl (C=O) groups is 2. The summed E-state index contributed by atoms with van der Waals surface area (Å²) in [5.74, 6) is -0.621. The lowest BCUT2D eigenvalue weighted by Gasteiger charge is -2.56. The number of aliphatic hydroxyl groups is 1. The van der Waals surface area contributed by atoms with Gasteiger partial charge in [0.2, 0.25) is 11.8 Å². The molecule has 0 unspecified atom stereocenters. The highest BCUT2D eigenvalue weighted by Crippen LogP contribution is 2.52. The molecule has 1 aliphatic heterocycles. The minimum atomic E-state index is -0.927. The summed E-state index contributed by atoms with van der Waals surface area (Å²) in [5.41, 5.74) is 4.22. The number of primary amides is 1. The van der Waals surface area contributed by atoms with Gasteiger partial charge < -0.3 is 20.5 Å². The number of hydrogen-bond donors (Lipinski definition) is 2. The Balaban J connectivity index is 1.65. The van der Waals surface area contributed by atoms with Crippen LogP contribution in [-0.2, 0) is 14.3 Å². The fourth-order valence-corrected chi connectivity index (χ4v) is 3.83. The second kappa shape index (κ2) is 4.43. The summed E-state index contributed by atoms with van der Waals surface area (Å²) in [5, 5.41) is 10.1. The van der Waals surface area contributed by atoms with Crippen molar-refractivity contribution in [3.8, 4) is 0 Å². The lowest BCUT2D eigenvalue weighted by molar-refractivity contribution is -0.203. The maximum absolute atomic E-state index is 12.4. The fourth-order valence-electron chi connectivity index (χ4n) is 3.83. The Kier molecular flexibility index (Phi) is 3.06. The Labute approximate surface area is 118 Å². The number of rotatable bonds is 3. The van der Waals surface area contributed by atoms with Crippen LogP contribution in [0.2, 0.25) is 0 Å². The molecular weight excluding hydrogens is 260 g/mol. The van der Waals surface area contributed by atoms with E-state index in [1.165, 1.54) is 0 Å². The number of nitrogens with zero attached hydrogens (tertiary/aromatic N) is 1. The summed E-state index contributed by atoms with van der Waals surface area (Å²) in [6, 6.07) is 0. The van der Waals surface area contributed by atoms with E-state index in [1.807, 2.05) is 0 Å². The molecule has 0 aromatic carbocycles. The topological polar surface area (TPSA) is 92.9 Å². The van der Waals surface area contributed by atoms with Crippen molar-refractivity contribution in [1.29, 1.82) is 0 Å². The highest BCUT2D eigenvalue weighted by Gasteiger charge is 2.60. The molecule has 6 nitrogen and oxygen atoms in total. The van der Waals surface area contributed by atoms with Crippen molar-refractivity contribution in [2.24, 2.45) is 16.6 Å². The van der Waals surface area contributed by atoms with Gasteiger partial charge in [0, 0.05) is 32.0 Å². The van der Waals surface area contributed by atoms with Gasteiger partial charge in [-0.25, -0.2) is 0 Å². The van der Waals surface area contributed by atoms with Crippen molar-refractivity contribution in [3.05, 3.63) is 0 Å². The number of methoxy groups -OCH3 is 1. The summed E-state index contributed by atoms with van der Waals surface area (Å²) in [6.45, 7) is 1.15. The molecule has 1 spiro atoms. The van der Waals surface area contributed by atoms with E-state index in [0.29, 0.717) is 32.4 Å². The SMILES string of the molecule is CO[C@H]1C[C@@H](O)C12CCN(C(=O)C1(C(N)=O)CC1)CC2. The summed E-state index contributed by atoms with van der Waals surface area (Å²) in [4.78, 5) is 25.6. The molecule has 3 rings (SSSR count). The lowest BCUT2D eigenvalue weighted by atomic mass is 9.58. The van der Waals surface area contributed by atoms with Crippen LogP contribution in [0.15, 0.2) is 0 Å². The Morgan fingerprint density at radius 2 is 1.85 bits per heavy atom. The third kappa shape index (κ3) is 1.71. The average molecular weight is 282 g/mol.